The van der Waals surface area contributed by atoms with Crippen molar-refractivity contribution in [3.05, 3.63) is 59.7 Å². The molecule has 2 aromatic rings. The summed E-state index contributed by atoms with van der Waals surface area (Å²) in [6.07, 6.45) is 2.74. The first-order chi connectivity index (χ1) is 9.06. The van der Waals surface area contributed by atoms with Crippen molar-refractivity contribution < 1.29 is 14.3 Å². The summed E-state index contributed by atoms with van der Waals surface area (Å²) in [5.74, 6) is -1.35. The molecule has 0 saturated carbocycles. The van der Waals surface area contributed by atoms with Crippen molar-refractivity contribution in [2.75, 3.05) is 5.32 Å². The Balaban J connectivity index is 2.10. The van der Waals surface area contributed by atoms with Crippen LogP contribution in [0, 0.1) is 5.82 Å². The molecule has 1 unspecified atom stereocenters. The maximum absolute atomic E-state index is 13.1. The number of benzene rings is 1. The monoisotopic (exact) mass is 260 g/mol. The highest BCUT2D eigenvalue weighted by molar-refractivity contribution is 5.88. The standard InChI is InChI=1S/C14H13FN2O2/c1-9(11-6-12(15)8-16-7-11)17-13-4-2-10(3-5-13)14(18)19/h2-9,17H,1H3,(H,18,19). The molecule has 4 nitrogen and oxygen atoms in total. The van der Waals surface area contributed by atoms with Gasteiger partial charge in [-0.2, -0.15) is 0 Å². The molecule has 0 spiro atoms. The lowest BCUT2D eigenvalue weighted by atomic mass is 10.1. The molecule has 0 aliphatic carbocycles. The van der Waals surface area contributed by atoms with Gasteiger partial charge in [-0.25, -0.2) is 9.18 Å². The molecule has 1 heterocycles. The van der Waals surface area contributed by atoms with Crippen molar-refractivity contribution in [2.45, 2.75) is 13.0 Å². The molecule has 98 valence electrons. The number of nitrogens with zero attached hydrogens (tertiary/aromatic N) is 1. The van der Waals surface area contributed by atoms with E-state index < -0.39 is 5.97 Å². The molecule has 0 fully saturated rings. The number of hydrogen-bond donors (Lipinski definition) is 2. The molecule has 0 aliphatic heterocycles. The molecule has 2 rings (SSSR count). The van der Waals surface area contributed by atoms with E-state index in [0.717, 1.165) is 17.4 Å². The van der Waals surface area contributed by atoms with Gasteiger partial charge in [0.05, 0.1) is 17.8 Å². The van der Waals surface area contributed by atoms with Crippen LogP contribution in [0.2, 0.25) is 0 Å². The summed E-state index contributed by atoms with van der Waals surface area (Å²) < 4.78 is 13.1. The summed E-state index contributed by atoms with van der Waals surface area (Å²) in [7, 11) is 0. The molecule has 1 aromatic carbocycles. The zero-order chi connectivity index (χ0) is 13.8. The lowest BCUT2D eigenvalue weighted by molar-refractivity contribution is 0.0697. The predicted molar refractivity (Wildman–Crippen MR) is 69.6 cm³/mol. The van der Waals surface area contributed by atoms with Gasteiger partial charge in [-0.1, -0.05) is 0 Å². The third kappa shape index (κ3) is 3.28. The molecule has 0 saturated heterocycles. The maximum Gasteiger partial charge on any atom is 0.335 e. The fraction of sp³-hybridized carbons (Fsp3) is 0.143. The van der Waals surface area contributed by atoms with Crippen LogP contribution in [-0.4, -0.2) is 16.1 Å². The SMILES string of the molecule is CC(Nc1ccc(C(=O)O)cc1)c1cncc(F)c1. The lowest BCUT2D eigenvalue weighted by Gasteiger charge is -2.15. The van der Waals surface area contributed by atoms with E-state index in [4.69, 9.17) is 5.11 Å². The van der Waals surface area contributed by atoms with Crippen LogP contribution in [-0.2, 0) is 0 Å². The molecule has 0 amide bonds. The van der Waals surface area contributed by atoms with Crippen LogP contribution < -0.4 is 5.32 Å². The first kappa shape index (κ1) is 13.0. The quantitative estimate of drug-likeness (QED) is 0.886. The highest BCUT2D eigenvalue weighted by Gasteiger charge is 2.07. The van der Waals surface area contributed by atoms with Gasteiger partial charge in [0.15, 0.2) is 0 Å². The maximum atomic E-state index is 13.1. The van der Waals surface area contributed by atoms with Crippen molar-refractivity contribution >= 4 is 11.7 Å². The summed E-state index contributed by atoms with van der Waals surface area (Å²) in [5, 5.41) is 11.9. The van der Waals surface area contributed by atoms with Crippen molar-refractivity contribution in [1.82, 2.24) is 4.98 Å². The number of hydrogen-bond acceptors (Lipinski definition) is 3. The van der Waals surface area contributed by atoms with E-state index in [9.17, 15) is 9.18 Å². The van der Waals surface area contributed by atoms with Gasteiger partial charge in [0, 0.05) is 11.9 Å². The van der Waals surface area contributed by atoms with Crippen molar-refractivity contribution in [2.24, 2.45) is 0 Å². The molecule has 0 bridgehead atoms. The largest absolute Gasteiger partial charge is 0.478 e. The molecule has 19 heavy (non-hydrogen) atoms. The van der Waals surface area contributed by atoms with Gasteiger partial charge < -0.3 is 10.4 Å². The normalized spacial score (nSPS) is 11.9. The first-order valence-electron chi connectivity index (χ1n) is 5.76. The van der Waals surface area contributed by atoms with Crippen LogP contribution in [0.3, 0.4) is 0 Å². The van der Waals surface area contributed by atoms with Crippen LogP contribution in [0.5, 0.6) is 0 Å². The third-order valence-corrected chi connectivity index (χ3v) is 2.74. The molecule has 1 atom stereocenters. The van der Waals surface area contributed by atoms with Gasteiger partial charge in [0.1, 0.15) is 5.82 Å². The Morgan fingerprint density at radius 3 is 2.58 bits per heavy atom. The highest BCUT2D eigenvalue weighted by Crippen LogP contribution is 2.19. The number of aromatic carboxylic acids is 1. The summed E-state index contributed by atoms with van der Waals surface area (Å²) in [6.45, 7) is 1.88. The number of nitrogens with one attached hydrogen (secondary N) is 1. The summed E-state index contributed by atoms with van der Waals surface area (Å²) in [6, 6.07) is 7.66. The number of rotatable bonds is 4. The van der Waals surface area contributed by atoms with Gasteiger partial charge in [0.2, 0.25) is 0 Å². The Bertz CT molecular complexity index is 584. The number of carboxylic acid groups (broad SMARTS) is 1. The fourth-order valence-corrected chi connectivity index (χ4v) is 1.71. The van der Waals surface area contributed by atoms with E-state index in [2.05, 4.69) is 10.3 Å². The highest BCUT2D eigenvalue weighted by atomic mass is 19.1. The van der Waals surface area contributed by atoms with Gasteiger partial charge in [-0.15, -0.1) is 0 Å². The summed E-state index contributed by atoms with van der Waals surface area (Å²) >= 11 is 0. The second-order valence-electron chi connectivity index (χ2n) is 4.19. The van der Waals surface area contributed by atoms with Gasteiger partial charge in [-0.05, 0) is 42.8 Å². The zero-order valence-corrected chi connectivity index (χ0v) is 10.3. The number of carbonyl (C=O) groups is 1. The Morgan fingerprint density at radius 1 is 1.32 bits per heavy atom. The van der Waals surface area contributed by atoms with Crippen LogP contribution in [0.15, 0.2) is 42.7 Å². The second-order valence-corrected chi connectivity index (χ2v) is 4.19. The molecular formula is C14H13FN2O2. The van der Waals surface area contributed by atoms with Crippen LogP contribution >= 0.6 is 0 Å². The van der Waals surface area contributed by atoms with Gasteiger partial charge in [-0.3, -0.25) is 4.98 Å². The number of carboxylic acids is 1. The van der Waals surface area contributed by atoms with Crippen molar-refractivity contribution in [3.8, 4) is 0 Å². The lowest BCUT2D eigenvalue weighted by Crippen LogP contribution is -2.07. The average Bonchev–Trinajstić information content (AvgIpc) is 2.39. The predicted octanol–water partition coefficient (Wildman–Crippen LogP) is 3.09. The van der Waals surface area contributed by atoms with Crippen LogP contribution in [0.1, 0.15) is 28.9 Å². The number of aromatic nitrogens is 1. The van der Waals surface area contributed by atoms with Gasteiger partial charge >= 0.3 is 5.97 Å². The van der Waals surface area contributed by atoms with E-state index in [0.29, 0.717) is 0 Å². The smallest absolute Gasteiger partial charge is 0.335 e. The number of pyridine rings is 1. The Morgan fingerprint density at radius 2 is 2.00 bits per heavy atom. The third-order valence-electron chi connectivity index (χ3n) is 2.74. The number of halogens is 1. The van der Waals surface area contributed by atoms with Crippen molar-refractivity contribution in [1.29, 1.82) is 0 Å². The molecule has 5 heteroatoms. The zero-order valence-electron chi connectivity index (χ0n) is 10.3. The van der Waals surface area contributed by atoms with E-state index in [1.807, 2.05) is 6.92 Å². The fourth-order valence-electron chi connectivity index (χ4n) is 1.71. The van der Waals surface area contributed by atoms with Gasteiger partial charge in [0.25, 0.3) is 0 Å². The van der Waals surface area contributed by atoms with Crippen LogP contribution in [0.4, 0.5) is 10.1 Å². The molecule has 2 N–H and O–H groups in total. The van der Waals surface area contributed by atoms with Crippen molar-refractivity contribution in [3.63, 3.8) is 0 Å². The Kier molecular flexibility index (Phi) is 3.75. The molecule has 0 radical (unpaired) electrons. The Hall–Kier alpha value is -2.43. The minimum atomic E-state index is -0.964. The first-order valence-corrected chi connectivity index (χ1v) is 5.76. The van der Waals surface area contributed by atoms with E-state index in [1.54, 1.807) is 18.3 Å². The topological polar surface area (TPSA) is 62.2 Å². The van der Waals surface area contributed by atoms with Crippen LogP contribution in [0.25, 0.3) is 0 Å². The van der Waals surface area contributed by atoms with E-state index >= 15 is 0 Å². The molecular weight excluding hydrogens is 247 g/mol. The molecule has 1 aromatic heterocycles. The van der Waals surface area contributed by atoms with E-state index in [-0.39, 0.29) is 17.4 Å². The minimum absolute atomic E-state index is 0.126. The number of anilines is 1. The van der Waals surface area contributed by atoms with E-state index in [1.165, 1.54) is 18.2 Å². The second kappa shape index (κ2) is 5.48. The Labute approximate surface area is 109 Å². The average molecular weight is 260 g/mol. The minimum Gasteiger partial charge on any atom is -0.478 e. The summed E-state index contributed by atoms with van der Waals surface area (Å²) in [4.78, 5) is 14.5. The molecule has 0 aliphatic rings. The summed E-state index contributed by atoms with van der Waals surface area (Å²) in [5.41, 5.74) is 1.72.